The van der Waals surface area contributed by atoms with Crippen LogP contribution in [0.3, 0.4) is 0 Å². The minimum atomic E-state index is -2.14. The summed E-state index contributed by atoms with van der Waals surface area (Å²) in [5.41, 5.74) is -2.14. The molecule has 0 amide bonds. The van der Waals surface area contributed by atoms with Crippen LogP contribution in [0.2, 0.25) is 0 Å². The highest BCUT2D eigenvalue weighted by molar-refractivity contribution is 4.97. The summed E-state index contributed by atoms with van der Waals surface area (Å²) in [6, 6.07) is 0. The Kier molecular flexibility index (Phi) is 2.29. The first-order valence-electron chi connectivity index (χ1n) is 4.31. The highest BCUT2D eigenvalue weighted by atomic mass is 16.4. The summed E-state index contributed by atoms with van der Waals surface area (Å²) in [6.45, 7) is -0.865. The molecule has 0 aromatic carbocycles. The molecule has 5 heteroatoms. The maximum absolute atomic E-state index is 9.55. The van der Waals surface area contributed by atoms with Gasteiger partial charge in [0.25, 0.3) is 0 Å². The second-order valence-corrected chi connectivity index (χ2v) is 3.13. The van der Waals surface area contributed by atoms with Crippen molar-refractivity contribution in [1.29, 1.82) is 0 Å². The van der Waals surface area contributed by atoms with Crippen molar-refractivity contribution in [2.75, 3.05) is 6.61 Å². The average molecular weight is 179 g/mol. The van der Waals surface area contributed by atoms with E-state index in [4.69, 9.17) is 11.6 Å². The maximum atomic E-state index is 9.55. The van der Waals surface area contributed by atoms with E-state index in [9.17, 15) is 15.3 Å². The maximum Gasteiger partial charge on any atom is 0.118 e. The lowest BCUT2D eigenvalue weighted by Crippen LogP contribution is -2.58. The Morgan fingerprint density at radius 2 is 2.00 bits per heavy atom. The van der Waals surface area contributed by atoms with Crippen molar-refractivity contribution in [3.63, 3.8) is 0 Å². The number of hydrogen-bond acceptors (Lipinski definition) is 5. The quantitative estimate of drug-likeness (QED) is 0.308. The molecule has 1 aliphatic rings. The molecule has 12 heavy (non-hydrogen) atoms. The minimum absolute atomic E-state index is 0.169. The van der Waals surface area contributed by atoms with E-state index in [-0.39, 0.29) is 6.42 Å². The van der Waals surface area contributed by atoms with Crippen LogP contribution in [0.15, 0.2) is 0 Å². The SMILES string of the molecule is [2H]C1C(O)CC(O)C(O)C1(O)CO. The lowest BCUT2D eigenvalue weighted by molar-refractivity contribution is -0.191. The molecule has 0 saturated heterocycles. The van der Waals surface area contributed by atoms with Crippen molar-refractivity contribution in [3.8, 4) is 0 Å². The molecule has 0 heterocycles. The molecule has 1 saturated carbocycles. The van der Waals surface area contributed by atoms with E-state index in [1.54, 1.807) is 0 Å². The first-order valence-corrected chi connectivity index (χ1v) is 3.73. The average Bonchev–Trinajstić information content (AvgIpc) is 2.12. The predicted octanol–water partition coefficient (Wildman–Crippen LogP) is -2.41. The van der Waals surface area contributed by atoms with E-state index in [2.05, 4.69) is 0 Å². The second-order valence-electron chi connectivity index (χ2n) is 3.13. The van der Waals surface area contributed by atoms with E-state index < -0.39 is 36.9 Å². The van der Waals surface area contributed by atoms with Gasteiger partial charge < -0.3 is 25.5 Å². The van der Waals surface area contributed by atoms with Gasteiger partial charge in [0.15, 0.2) is 0 Å². The van der Waals surface area contributed by atoms with Crippen LogP contribution >= 0.6 is 0 Å². The Balaban J connectivity index is 2.88. The highest BCUT2D eigenvalue weighted by Crippen LogP contribution is 2.28. The van der Waals surface area contributed by atoms with Gasteiger partial charge in [0, 0.05) is 14.2 Å². The van der Waals surface area contributed by atoms with E-state index in [1.165, 1.54) is 0 Å². The van der Waals surface area contributed by atoms with Gasteiger partial charge in [-0.05, 0) is 0 Å². The smallest absolute Gasteiger partial charge is 0.118 e. The first-order chi connectivity index (χ1) is 5.93. The molecule has 5 unspecified atom stereocenters. The minimum Gasteiger partial charge on any atom is -0.393 e. The molecule has 0 aromatic rings. The van der Waals surface area contributed by atoms with Crippen molar-refractivity contribution in [1.82, 2.24) is 0 Å². The van der Waals surface area contributed by atoms with E-state index in [0.717, 1.165) is 0 Å². The van der Waals surface area contributed by atoms with Gasteiger partial charge in [0.05, 0.1) is 18.8 Å². The van der Waals surface area contributed by atoms with Crippen LogP contribution in [0.4, 0.5) is 0 Å². The Morgan fingerprint density at radius 3 is 2.50 bits per heavy atom. The summed E-state index contributed by atoms with van der Waals surface area (Å²) in [4.78, 5) is 0. The lowest BCUT2D eigenvalue weighted by Gasteiger charge is -2.40. The molecular weight excluding hydrogens is 164 g/mol. The van der Waals surface area contributed by atoms with Crippen LogP contribution in [0, 0.1) is 0 Å². The summed E-state index contributed by atoms with van der Waals surface area (Å²) in [7, 11) is 0. The fourth-order valence-corrected chi connectivity index (χ4v) is 1.36. The third-order valence-electron chi connectivity index (χ3n) is 2.09. The predicted molar refractivity (Wildman–Crippen MR) is 39.3 cm³/mol. The van der Waals surface area contributed by atoms with Gasteiger partial charge in [-0.25, -0.2) is 0 Å². The van der Waals surface area contributed by atoms with E-state index in [0.29, 0.717) is 0 Å². The first kappa shape index (κ1) is 8.40. The van der Waals surface area contributed by atoms with E-state index >= 15 is 0 Å². The molecule has 0 spiro atoms. The molecule has 5 nitrogen and oxygen atoms in total. The fraction of sp³-hybridized carbons (Fsp3) is 1.00. The summed E-state index contributed by atoms with van der Waals surface area (Å²) in [5, 5.41) is 46.0. The van der Waals surface area contributed by atoms with Crippen LogP contribution in [-0.4, -0.2) is 56.1 Å². The zero-order chi connectivity index (χ0) is 10.2. The molecule has 5 N–H and O–H groups in total. The lowest BCUT2D eigenvalue weighted by atomic mass is 9.79. The molecule has 0 bridgehead atoms. The normalized spacial score (nSPS) is 56.6. The monoisotopic (exact) mass is 179 g/mol. The van der Waals surface area contributed by atoms with Gasteiger partial charge >= 0.3 is 0 Å². The van der Waals surface area contributed by atoms with Gasteiger partial charge in [-0.3, -0.25) is 0 Å². The summed E-state index contributed by atoms with van der Waals surface area (Å²) in [6.07, 6.45) is -5.72. The summed E-state index contributed by atoms with van der Waals surface area (Å²) >= 11 is 0. The van der Waals surface area contributed by atoms with Crippen LogP contribution in [0.1, 0.15) is 14.2 Å². The summed E-state index contributed by atoms with van der Waals surface area (Å²) < 4.78 is 7.32. The van der Waals surface area contributed by atoms with Crippen molar-refractivity contribution in [2.24, 2.45) is 0 Å². The van der Waals surface area contributed by atoms with Crippen molar-refractivity contribution in [3.05, 3.63) is 0 Å². The Bertz CT molecular complexity index is 174. The molecular formula is C7H14O5. The Labute approximate surface area is 71.3 Å². The molecule has 1 rings (SSSR count). The van der Waals surface area contributed by atoms with Gasteiger partial charge in [0.2, 0.25) is 0 Å². The Morgan fingerprint density at radius 1 is 1.42 bits per heavy atom. The number of aliphatic hydroxyl groups excluding tert-OH is 4. The Hall–Kier alpha value is -0.200. The van der Waals surface area contributed by atoms with Crippen molar-refractivity contribution in [2.45, 2.75) is 36.7 Å². The molecule has 1 aliphatic carbocycles. The zero-order valence-electron chi connectivity index (χ0n) is 7.46. The second kappa shape index (κ2) is 3.27. The van der Waals surface area contributed by atoms with Gasteiger partial charge in [-0.2, -0.15) is 0 Å². The van der Waals surface area contributed by atoms with Crippen LogP contribution < -0.4 is 0 Å². The molecule has 0 aromatic heterocycles. The van der Waals surface area contributed by atoms with Crippen LogP contribution in [-0.2, 0) is 0 Å². The highest BCUT2D eigenvalue weighted by Gasteiger charge is 2.45. The fourth-order valence-electron chi connectivity index (χ4n) is 1.36. The summed E-state index contributed by atoms with van der Waals surface area (Å²) in [5.74, 6) is 0. The molecule has 1 fully saturated rings. The van der Waals surface area contributed by atoms with Crippen molar-refractivity contribution >= 4 is 0 Å². The largest absolute Gasteiger partial charge is 0.393 e. The standard InChI is InChI=1S/C7H14O5/c8-3-7(12)2-4(9)1-5(10)6(7)11/h4-6,8-12H,1-3H2/i2D. The molecule has 5 atom stereocenters. The van der Waals surface area contributed by atoms with Gasteiger partial charge in [-0.15, -0.1) is 0 Å². The molecule has 72 valence electrons. The third kappa shape index (κ3) is 1.60. The van der Waals surface area contributed by atoms with Crippen LogP contribution in [0.25, 0.3) is 0 Å². The third-order valence-corrected chi connectivity index (χ3v) is 2.09. The molecule has 0 radical (unpaired) electrons. The van der Waals surface area contributed by atoms with Crippen molar-refractivity contribution < 1.29 is 26.9 Å². The number of rotatable bonds is 1. The van der Waals surface area contributed by atoms with E-state index in [1.807, 2.05) is 0 Å². The zero-order valence-corrected chi connectivity index (χ0v) is 6.46. The topological polar surface area (TPSA) is 101 Å². The number of hydrogen-bond donors (Lipinski definition) is 5. The van der Waals surface area contributed by atoms with Crippen LogP contribution in [0.5, 0.6) is 0 Å². The van der Waals surface area contributed by atoms with Gasteiger partial charge in [-0.1, -0.05) is 0 Å². The number of aliphatic hydroxyl groups is 5. The molecule has 0 aliphatic heterocycles. The van der Waals surface area contributed by atoms with Gasteiger partial charge in [0.1, 0.15) is 11.7 Å².